The van der Waals surface area contributed by atoms with E-state index in [2.05, 4.69) is 11.9 Å². The number of hydrogen-bond acceptors (Lipinski definition) is 1. The highest BCUT2D eigenvalue weighted by Gasteiger charge is 1.78. The number of nitrogens with one attached hydrogen (secondary N) is 1. The van der Waals surface area contributed by atoms with Gasteiger partial charge in [0.2, 0.25) is 5.91 Å². The van der Waals surface area contributed by atoms with E-state index in [0.717, 1.165) is 0 Å². The Labute approximate surface area is 50.0 Å². The molecule has 1 N–H and O–H groups in total. The average molecular weight is 119 g/mol. The Hall–Kier alpha value is -0.440. The molecule has 0 saturated carbocycles. The second kappa shape index (κ2) is 5.56. The summed E-state index contributed by atoms with van der Waals surface area (Å²) >= 11 is 0. The van der Waals surface area contributed by atoms with Crippen molar-refractivity contribution in [2.75, 3.05) is 7.05 Å². The summed E-state index contributed by atoms with van der Waals surface area (Å²) in [5, 5.41) is 2.36. The van der Waals surface area contributed by atoms with Crippen LogP contribution in [0.25, 0.3) is 0 Å². The predicted molar refractivity (Wildman–Crippen MR) is 34.6 cm³/mol. The maximum Gasteiger partial charge on any atom is 0.243 e. The lowest BCUT2D eigenvalue weighted by atomic mass is 10.6. The van der Waals surface area contributed by atoms with Gasteiger partial charge in [-0.15, -0.1) is 0 Å². The summed E-state index contributed by atoms with van der Waals surface area (Å²) in [4.78, 5) is 9.95. The van der Waals surface area contributed by atoms with Crippen LogP contribution in [-0.2, 0) is 4.79 Å². The van der Waals surface area contributed by atoms with Crippen molar-refractivity contribution in [2.45, 2.75) is 0 Å². The first-order chi connectivity index (χ1) is 2.81. The summed E-state index contributed by atoms with van der Waals surface area (Å²) in [6.07, 6.45) is 1.22. The molecule has 0 unspecified atom stereocenters. The van der Waals surface area contributed by atoms with Gasteiger partial charge < -0.3 is 5.32 Å². The third-order valence-electron chi connectivity index (χ3n) is 0.432. The molecule has 0 heterocycles. The standard InChI is InChI=1S/C4H7NO.H2S/c1-3-4(6)5-2;/h3H,1H2,2H3,(H,5,6);1H2. The third kappa shape index (κ3) is 5.56. The SMILES string of the molecule is C=CC(=O)NC.S. The van der Waals surface area contributed by atoms with Gasteiger partial charge in [-0.2, -0.15) is 13.5 Å². The monoisotopic (exact) mass is 119 g/mol. The zero-order valence-corrected chi connectivity index (χ0v) is 5.19. The molecule has 1 amide bonds. The predicted octanol–water partition coefficient (Wildman–Crippen LogP) is 0.0312. The van der Waals surface area contributed by atoms with Gasteiger partial charge in [0, 0.05) is 7.05 Å². The molecular formula is C4H9NOS. The summed E-state index contributed by atoms with van der Waals surface area (Å²) in [6.45, 7) is 3.22. The van der Waals surface area contributed by atoms with E-state index in [1.807, 2.05) is 0 Å². The molecule has 0 rings (SSSR count). The fourth-order valence-corrected chi connectivity index (χ4v) is 0.102. The van der Waals surface area contributed by atoms with Gasteiger partial charge in [0.15, 0.2) is 0 Å². The van der Waals surface area contributed by atoms with Crippen molar-refractivity contribution in [1.82, 2.24) is 5.32 Å². The van der Waals surface area contributed by atoms with E-state index in [-0.39, 0.29) is 19.4 Å². The Morgan fingerprint density at radius 2 is 2.29 bits per heavy atom. The van der Waals surface area contributed by atoms with Crippen molar-refractivity contribution in [3.05, 3.63) is 12.7 Å². The molecule has 0 spiro atoms. The number of likely N-dealkylation sites (N-methyl/N-ethyl adjacent to an activating group) is 1. The summed E-state index contributed by atoms with van der Waals surface area (Å²) in [7, 11) is 1.56. The summed E-state index contributed by atoms with van der Waals surface area (Å²) in [5.41, 5.74) is 0. The van der Waals surface area contributed by atoms with Gasteiger partial charge in [-0.25, -0.2) is 0 Å². The van der Waals surface area contributed by atoms with Crippen LogP contribution in [0, 0.1) is 0 Å². The Morgan fingerprint density at radius 1 is 1.86 bits per heavy atom. The molecule has 0 aliphatic rings. The van der Waals surface area contributed by atoms with Gasteiger partial charge in [-0.05, 0) is 6.08 Å². The van der Waals surface area contributed by atoms with Crippen molar-refractivity contribution >= 4 is 19.4 Å². The van der Waals surface area contributed by atoms with Crippen molar-refractivity contribution in [2.24, 2.45) is 0 Å². The lowest BCUT2D eigenvalue weighted by Gasteiger charge is -1.82. The van der Waals surface area contributed by atoms with Gasteiger partial charge >= 0.3 is 0 Å². The topological polar surface area (TPSA) is 29.1 Å². The van der Waals surface area contributed by atoms with Crippen LogP contribution in [-0.4, -0.2) is 13.0 Å². The second-order valence-corrected chi connectivity index (χ2v) is 0.818. The molecule has 0 aliphatic heterocycles. The average Bonchev–Trinajstić information content (AvgIpc) is 1.65. The van der Waals surface area contributed by atoms with Crippen LogP contribution < -0.4 is 5.32 Å². The molecule has 0 atom stereocenters. The molecule has 0 aromatic rings. The molecule has 0 fully saturated rings. The molecule has 2 nitrogen and oxygen atoms in total. The maximum atomic E-state index is 9.95. The molecule has 42 valence electrons. The highest BCUT2D eigenvalue weighted by molar-refractivity contribution is 7.59. The number of rotatable bonds is 1. The molecule has 0 bridgehead atoms. The zero-order chi connectivity index (χ0) is 4.99. The summed E-state index contributed by atoms with van der Waals surface area (Å²) < 4.78 is 0. The van der Waals surface area contributed by atoms with Crippen LogP contribution in [0.3, 0.4) is 0 Å². The molecule has 0 aromatic heterocycles. The van der Waals surface area contributed by atoms with Gasteiger partial charge in [-0.1, -0.05) is 6.58 Å². The molecule has 0 radical (unpaired) electrons. The van der Waals surface area contributed by atoms with Gasteiger partial charge in [0.05, 0.1) is 0 Å². The molecule has 7 heavy (non-hydrogen) atoms. The summed E-state index contributed by atoms with van der Waals surface area (Å²) in [5.74, 6) is -0.144. The second-order valence-electron chi connectivity index (χ2n) is 0.818. The van der Waals surface area contributed by atoms with Crippen molar-refractivity contribution in [1.29, 1.82) is 0 Å². The molecular weight excluding hydrogens is 110 g/mol. The first-order valence-electron chi connectivity index (χ1n) is 1.65. The highest BCUT2D eigenvalue weighted by atomic mass is 32.1. The van der Waals surface area contributed by atoms with Crippen LogP contribution >= 0.6 is 13.5 Å². The van der Waals surface area contributed by atoms with Crippen LogP contribution in [0.5, 0.6) is 0 Å². The van der Waals surface area contributed by atoms with Crippen LogP contribution in [0.2, 0.25) is 0 Å². The van der Waals surface area contributed by atoms with E-state index in [4.69, 9.17) is 0 Å². The van der Waals surface area contributed by atoms with Crippen molar-refractivity contribution in [3.8, 4) is 0 Å². The van der Waals surface area contributed by atoms with Gasteiger partial charge in [0.1, 0.15) is 0 Å². The first-order valence-corrected chi connectivity index (χ1v) is 1.65. The Kier molecular flexibility index (Phi) is 7.75. The first kappa shape index (κ1) is 9.75. The van der Waals surface area contributed by atoms with Crippen LogP contribution in [0.15, 0.2) is 12.7 Å². The van der Waals surface area contributed by atoms with E-state index in [9.17, 15) is 4.79 Å². The normalized spacial score (nSPS) is 5.86. The van der Waals surface area contributed by atoms with Crippen molar-refractivity contribution in [3.63, 3.8) is 0 Å². The lowest BCUT2D eigenvalue weighted by Crippen LogP contribution is -2.13. The third-order valence-corrected chi connectivity index (χ3v) is 0.432. The number of carbonyl (C=O) groups is 1. The molecule has 0 aromatic carbocycles. The fourth-order valence-electron chi connectivity index (χ4n) is 0.102. The smallest absolute Gasteiger partial charge is 0.243 e. The molecule has 0 aliphatic carbocycles. The minimum atomic E-state index is -0.144. The van der Waals surface area contributed by atoms with E-state index < -0.39 is 0 Å². The van der Waals surface area contributed by atoms with E-state index >= 15 is 0 Å². The lowest BCUT2D eigenvalue weighted by molar-refractivity contribution is -0.116. The largest absolute Gasteiger partial charge is 0.356 e. The van der Waals surface area contributed by atoms with Crippen LogP contribution in [0.1, 0.15) is 0 Å². The minimum Gasteiger partial charge on any atom is -0.356 e. The van der Waals surface area contributed by atoms with E-state index in [0.29, 0.717) is 0 Å². The quantitative estimate of drug-likeness (QED) is 0.485. The number of hydrogen-bond donors (Lipinski definition) is 1. The molecule has 0 saturated heterocycles. The Bertz CT molecular complexity index is 72.1. The summed E-state index contributed by atoms with van der Waals surface area (Å²) in [6, 6.07) is 0. The minimum absolute atomic E-state index is 0. The fraction of sp³-hybridized carbons (Fsp3) is 0.250. The highest BCUT2D eigenvalue weighted by Crippen LogP contribution is 1.56. The van der Waals surface area contributed by atoms with Crippen LogP contribution in [0.4, 0.5) is 0 Å². The van der Waals surface area contributed by atoms with Gasteiger partial charge in [0.25, 0.3) is 0 Å². The van der Waals surface area contributed by atoms with Gasteiger partial charge in [-0.3, -0.25) is 4.79 Å². The molecule has 3 heteroatoms. The zero-order valence-electron chi connectivity index (χ0n) is 4.19. The Morgan fingerprint density at radius 3 is 2.29 bits per heavy atom. The number of amides is 1. The van der Waals surface area contributed by atoms with E-state index in [1.165, 1.54) is 6.08 Å². The van der Waals surface area contributed by atoms with Crippen molar-refractivity contribution < 1.29 is 4.79 Å². The number of carbonyl (C=O) groups excluding carboxylic acids is 1. The maximum absolute atomic E-state index is 9.95. The Balaban J connectivity index is 0. The van der Waals surface area contributed by atoms with E-state index in [1.54, 1.807) is 7.05 Å².